The molecule has 108 valence electrons. The third-order valence-electron chi connectivity index (χ3n) is 4.01. The minimum absolute atomic E-state index is 0.00544. The molecular formula is C18H31N. The summed E-state index contributed by atoms with van der Waals surface area (Å²) in [6, 6.07) is 0. The molecular weight excluding hydrogens is 230 g/mol. The highest BCUT2D eigenvalue weighted by Gasteiger charge is 2.34. The third kappa shape index (κ3) is 4.74. The van der Waals surface area contributed by atoms with Crippen molar-refractivity contribution < 1.29 is 0 Å². The maximum absolute atomic E-state index is 3.96. The van der Waals surface area contributed by atoms with Crippen LogP contribution < -0.4 is 5.32 Å². The van der Waals surface area contributed by atoms with Crippen LogP contribution in [0.25, 0.3) is 0 Å². The highest BCUT2D eigenvalue weighted by atomic mass is 15.0. The summed E-state index contributed by atoms with van der Waals surface area (Å²) < 4.78 is 0. The smallest absolute Gasteiger partial charge is 0.0402 e. The summed E-state index contributed by atoms with van der Waals surface area (Å²) in [4.78, 5) is 0. The lowest BCUT2D eigenvalue weighted by molar-refractivity contribution is 0.229. The Morgan fingerprint density at radius 2 is 1.74 bits per heavy atom. The molecule has 0 unspecified atom stereocenters. The van der Waals surface area contributed by atoms with Gasteiger partial charge in [0, 0.05) is 16.7 Å². The minimum atomic E-state index is -0.0845. The van der Waals surface area contributed by atoms with E-state index in [0.717, 1.165) is 18.5 Å². The molecule has 1 nitrogen and oxygen atoms in total. The highest BCUT2D eigenvalue weighted by Crippen LogP contribution is 2.33. The van der Waals surface area contributed by atoms with E-state index in [1.54, 1.807) is 0 Å². The van der Waals surface area contributed by atoms with Crippen LogP contribution in [0.5, 0.6) is 0 Å². The topological polar surface area (TPSA) is 12.0 Å². The van der Waals surface area contributed by atoms with Gasteiger partial charge in [-0.3, -0.25) is 0 Å². The first kappa shape index (κ1) is 17.8. The van der Waals surface area contributed by atoms with Crippen molar-refractivity contribution in [3.05, 3.63) is 48.7 Å². The van der Waals surface area contributed by atoms with Gasteiger partial charge in [-0.15, -0.1) is 6.58 Å². The second-order valence-electron chi connectivity index (χ2n) is 6.07. The van der Waals surface area contributed by atoms with Crippen LogP contribution >= 0.6 is 0 Å². The fraction of sp³-hybridized carbons (Fsp3) is 0.556. The third-order valence-corrected chi connectivity index (χ3v) is 4.01. The van der Waals surface area contributed by atoms with E-state index in [9.17, 15) is 0 Å². The highest BCUT2D eigenvalue weighted by molar-refractivity contribution is 5.32. The minimum Gasteiger partial charge on any atom is -0.379 e. The maximum atomic E-state index is 3.96. The normalized spacial score (nSPS) is 14.2. The summed E-state index contributed by atoms with van der Waals surface area (Å²) in [5.41, 5.74) is 2.35. The molecule has 0 amide bonds. The van der Waals surface area contributed by atoms with Gasteiger partial charge in [-0.05, 0) is 38.8 Å². The average Bonchev–Trinajstić information content (AvgIpc) is 2.35. The monoisotopic (exact) mass is 261 g/mol. The number of hydrogen-bond donors (Lipinski definition) is 1. The largest absolute Gasteiger partial charge is 0.379 e. The molecule has 0 atom stereocenters. The molecule has 0 fully saturated rings. The molecule has 0 bridgehead atoms. The average molecular weight is 261 g/mol. The van der Waals surface area contributed by atoms with Gasteiger partial charge in [0.25, 0.3) is 0 Å². The van der Waals surface area contributed by atoms with Crippen LogP contribution in [-0.2, 0) is 0 Å². The Hall–Kier alpha value is -1.24. The molecule has 19 heavy (non-hydrogen) atoms. The van der Waals surface area contributed by atoms with Crippen LogP contribution in [0.3, 0.4) is 0 Å². The lowest BCUT2D eigenvalue weighted by atomic mass is 9.74. The zero-order valence-corrected chi connectivity index (χ0v) is 13.6. The Morgan fingerprint density at radius 1 is 1.16 bits per heavy atom. The molecule has 0 aliphatic heterocycles. The van der Waals surface area contributed by atoms with E-state index >= 15 is 0 Å². The summed E-state index contributed by atoms with van der Waals surface area (Å²) in [5, 5.41) is 3.64. The second kappa shape index (κ2) is 7.37. The maximum Gasteiger partial charge on any atom is 0.0402 e. The van der Waals surface area contributed by atoms with Gasteiger partial charge in [0.05, 0.1) is 0 Å². The molecule has 0 radical (unpaired) electrons. The van der Waals surface area contributed by atoms with Crippen molar-refractivity contribution in [1.29, 1.82) is 0 Å². The number of hydrogen-bond acceptors (Lipinski definition) is 1. The summed E-state index contributed by atoms with van der Waals surface area (Å²) in [6.07, 6.45) is 10.4. The van der Waals surface area contributed by atoms with Crippen LogP contribution in [-0.4, -0.2) is 5.54 Å². The summed E-state index contributed by atoms with van der Waals surface area (Å²) in [6.45, 7) is 21.0. The molecule has 0 saturated carbocycles. The van der Waals surface area contributed by atoms with E-state index in [4.69, 9.17) is 0 Å². The fourth-order valence-corrected chi connectivity index (χ4v) is 1.79. The second-order valence-corrected chi connectivity index (χ2v) is 6.07. The zero-order valence-electron chi connectivity index (χ0n) is 13.6. The van der Waals surface area contributed by atoms with Gasteiger partial charge in [-0.25, -0.2) is 0 Å². The van der Waals surface area contributed by atoms with E-state index in [1.807, 2.05) is 12.2 Å². The van der Waals surface area contributed by atoms with E-state index in [2.05, 4.69) is 72.2 Å². The Morgan fingerprint density at radius 3 is 2.11 bits per heavy atom. The zero-order chi connectivity index (χ0) is 15.1. The fourth-order valence-electron chi connectivity index (χ4n) is 1.79. The molecule has 0 aromatic rings. The van der Waals surface area contributed by atoms with Crippen molar-refractivity contribution in [3.63, 3.8) is 0 Å². The molecule has 0 aliphatic carbocycles. The number of allylic oxidation sites excluding steroid dienone is 4. The SMILES string of the molecule is C=C/C(NC(C)(C)C(C)(C)C=C)=C(\C=C/C)CCC. The lowest BCUT2D eigenvalue weighted by Gasteiger charge is -2.41. The van der Waals surface area contributed by atoms with Gasteiger partial charge in [0.1, 0.15) is 0 Å². The quantitative estimate of drug-likeness (QED) is 0.456. The van der Waals surface area contributed by atoms with E-state index in [1.165, 1.54) is 5.57 Å². The molecule has 1 heteroatoms. The molecule has 0 aliphatic rings. The summed E-state index contributed by atoms with van der Waals surface area (Å²) in [7, 11) is 0. The molecule has 0 aromatic heterocycles. The predicted molar refractivity (Wildman–Crippen MR) is 88.1 cm³/mol. The van der Waals surface area contributed by atoms with Crippen LogP contribution in [0.2, 0.25) is 0 Å². The van der Waals surface area contributed by atoms with Gasteiger partial charge >= 0.3 is 0 Å². The van der Waals surface area contributed by atoms with Gasteiger partial charge < -0.3 is 5.32 Å². The Balaban J connectivity index is 5.44. The number of nitrogens with one attached hydrogen (secondary N) is 1. The van der Waals surface area contributed by atoms with Gasteiger partial charge in [-0.1, -0.05) is 52.0 Å². The van der Waals surface area contributed by atoms with Crippen molar-refractivity contribution in [3.8, 4) is 0 Å². The lowest BCUT2D eigenvalue weighted by Crippen LogP contribution is -2.49. The Kier molecular flexibility index (Phi) is 6.89. The van der Waals surface area contributed by atoms with E-state index in [0.29, 0.717) is 0 Å². The first-order valence-electron chi connectivity index (χ1n) is 7.15. The van der Waals surface area contributed by atoms with Crippen molar-refractivity contribution in [2.45, 2.75) is 59.9 Å². The molecule has 0 rings (SSSR count). The molecule has 1 N–H and O–H groups in total. The summed E-state index contributed by atoms with van der Waals surface area (Å²) >= 11 is 0. The standard InChI is InChI=1S/C18H31N/c1-9-13-15(14-10-2)16(11-3)19-18(7,8)17(5,6)12-4/h9,11-13,19H,3-4,10,14H2,1-2,5-8H3/b13-9-,16-15-. The van der Waals surface area contributed by atoms with Crippen LogP contribution in [0.15, 0.2) is 48.7 Å². The van der Waals surface area contributed by atoms with Crippen LogP contribution in [0.4, 0.5) is 0 Å². The van der Waals surface area contributed by atoms with Gasteiger partial charge in [0.2, 0.25) is 0 Å². The molecule has 0 spiro atoms. The van der Waals surface area contributed by atoms with Crippen molar-refractivity contribution in [2.24, 2.45) is 5.41 Å². The number of rotatable bonds is 8. The van der Waals surface area contributed by atoms with Crippen LogP contribution in [0.1, 0.15) is 54.4 Å². The predicted octanol–water partition coefficient (Wildman–Crippen LogP) is 5.38. The van der Waals surface area contributed by atoms with E-state index < -0.39 is 0 Å². The van der Waals surface area contributed by atoms with Crippen molar-refractivity contribution in [2.75, 3.05) is 0 Å². The first-order valence-corrected chi connectivity index (χ1v) is 7.15. The van der Waals surface area contributed by atoms with Crippen molar-refractivity contribution >= 4 is 0 Å². The van der Waals surface area contributed by atoms with Gasteiger partial charge in [-0.2, -0.15) is 0 Å². The molecule has 0 saturated heterocycles. The van der Waals surface area contributed by atoms with Crippen LogP contribution in [0, 0.1) is 5.41 Å². The van der Waals surface area contributed by atoms with Gasteiger partial charge in [0.15, 0.2) is 0 Å². The van der Waals surface area contributed by atoms with Crippen molar-refractivity contribution in [1.82, 2.24) is 5.32 Å². The Bertz CT molecular complexity index is 367. The molecule has 0 aromatic carbocycles. The first-order chi connectivity index (χ1) is 8.75. The van der Waals surface area contributed by atoms with E-state index in [-0.39, 0.29) is 11.0 Å². The Labute approximate surface area is 120 Å². The summed E-state index contributed by atoms with van der Waals surface area (Å²) in [5.74, 6) is 0. The molecule has 0 heterocycles.